The number of carbonyl (C=O) groups is 2. The van der Waals surface area contributed by atoms with Gasteiger partial charge in [0.15, 0.2) is 0 Å². The molecule has 0 aromatic carbocycles. The van der Waals surface area contributed by atoms with Crippen LogP contribution in [0.25, 0.3) is 0 Å². The second kappa shape index (κ2) is 11.5. The molecule has 8 heteroatoms. The molecule has 0 atom stereocenters. The van der Waals surface area contributed by atoms with Crippen molar-refractivity contribution in [2.24, 2.45) is 0 Å². The molecule has 0 bridgehead atoms. The van der Waals surface area contributed by atoms with Crippen molar-refractivity contribution in [3.63, 3.8) is 0 Å². The Morgan fingerprint density at radius 3 is 1.84 bits per heavy atom. The van der Waals surface area contributed by atoms with Gasteiger partial charge < -0.3 is 28.8 Å². The van der Waals surface area contributed by atoms with E-state index in [1.807, 2.05) is 0 Å². The van der Waals surface area contributed by atoms with E-state index in [0.29, 0.717) is 13.2 Å². The Kier molecular flexibility index (Phi) is 10.6. The van der Waals surface area contributed by atoms with E-state index < -0.39 is 12.3 Å². The van der Waals surface area contributed by atoms with Gasteiger partial charge in [0.05, 0.1) is 32.5 Å². The van der Waals surface area contributed by atoms with Crippen molar-refractivity contribution in [2.45, 2.75) is 20.0 Å². The number of ether oxygens (including phenoxy) is 5. The molecule has 0 unspecified atom stereocenters. The van der Waals surface area contributed by atoms with Crippen molar-refractivity contribution in [2.75, 3.05) is 39.6 Å². The topological polar surface area (TPSA) is 101 Å². The smallest absolute Gasteiger partial charge is 0.450 e. The first kappa shape index (κ1) is 17.5. The minimum atomic E-state index is -1.33. The third-order valence-electron chi connectivity index (χ3n) is 1.60. The highest BCUT2D eigenvalue weighted by molar-refractivity contribution is 5.59. The van der Waals surface area contributed by atoms with E-state index in [9.17, 15) is 9.59 Å². The molecule has 1 N–H and O–H groups in total. The van der Waals surface area contributed by atoms with E-state index in [2.05, 4.69) is 4.74 Å². The summed E-state index contributed by atoms with van der Waals surface area (Å²) in [4.78, 5) is 20.9. The molecule has 0 aromatic rings. The number of hydrogen-bond acceptors (Lipinski definition) is 7. The van der Waals surface area contributed by atoms with Gasteiger partial charge in [-0.05, 0) is 13.8 Å². The third kappa shape index (κ3) is 14.4. The van der Waals surface area contributed by atoms with Crippen LogP contribution in [0, 0.1) is 0 Å². The Bertz CT molecular complexity index is 253. The third-order valence-corrected chi connectivity index (χ3v) is 1.60. The maximum absolute atomic E-state index is 10.9. The van der Waals surface area contributed by atoms with Crippen molar-refractivity contribution in [3.05, 3.63) is 0 Å². The van der Waals surface area contributed by atoms with Crippen LogP contribution < -0.4 is 0 Å². The van der Waals surface area contributed by atoms with Gasteiger partial charge in [0.1, 0.15) is 13.2 Å². The molecule has 0 aliphatic carbocycles. The molecule has 0 saturated heterocycles. The van der Waals surface area contributed by atoms with Gasteiger partial charge in [-0.1, -0.05) is 0 Å². The SMILES string of the molecule is CC(C)OC(=O)OCCOCCOCCOC(=O)O. The summed E-state index contributed by atoms with van der Waals surface area (Å²) in [5.41, 5.74) is 0. The summed E-state index contributed by atoms with van der Waals surface area (Å²) in [6.45, 7) is 4.57. The van der Waals surface area contributed by atoms with Crippen LogP contribution in [0.2, 0.25) is 0 Å². The molecule has 0 aliphatic rings. The number of carboxylic acid groups (broad SMARTS) is 1. The molecule has 0 spiro atoms. The van der Waals surface area contributed by atoms with E-state index in [0.717, 1.165) is 0 Å². The van der Waals surface area contributed by atoms with E-state index in [4.69, 9.17) is 24.1 Å². The van der Waals surface area contributed by atoms with Gasteiger partial charge in [0.25, 0.3) is 0 Å². The molecule has 0 aliphatic heterocycles. The summed E-state index contributed by atoms with van der Waals surface area (Å²) in [6.07, 6.45) is -2.26. The molecular weight excluding hydrogens is 260 g/mol. The maximum Gasteiger partial charge on any atom is 0.508 e. The van der Waals surface area contributed by atoms with Crippen LogP contribution in [0.3, 0.4) is 0 Å². The van der Waals surface area contributed by atoms with Gasteiger partial charge >= 0.3 is 12.3 Å². The first-order valence-corrected chi connectivity index (χ1v) is 5.87. The van der Waals surface area contributed by atoms with E-state index in [1.54, 1.807) is 13.8 Å². The van der Waals surface area contributed by atoms with Crippen molar-refractivity contribution in [3.8, 4) is 0 Å². The van der Waals surface area contributed by atoms with Crippen LogP contribution in [0.5, 0.6) is 0 Å². The molecule has 112 valence electrons. The summed E-state index contributed by atoms with van der Waals surface area (Å²) in [7, 11) is 0. The summed E-state index contributed by atoms with van der Waals surface area (Å²) >= 11 is 0. The van der Waals surface area contributed by atoms with Crippen LogP contribution in [-0.2, 0) is 23.7 Å². The van der Waals surface area contributed by atoms with Crippen LogP contribution in [0.1, 0.15) is 13.8 Å². The minimum Gasteiger partial charge on any atom is -0.450 e. The van der Waals surface area contributed by atoms with E-state index in [1.165, 1.54) is 0 Å². The Morgan fingerprint density at radius 1 is 0.895 bits per heavy atom. The lowest BCUT2D eigenvalue weighted by Gasteiger charge is -2.09. The Balaban J connectivity index is 3.14. The van der Waals surface area contributed by atoms with Crippen LogP contribution in [-0.4, -0.2) is 63.2 Å². The van der Waals surface area contributed by atoms with E-state index in [-0.39, 0.29) is 32.5 Å². The highest BCUT2D eigenvalue weighted by Crippen LogP contribution is 1.92. The highest BCUT2D eigenvalue weighted by atomic mass is 16.7. The Labute approximate surface area is 111 Å². The van der Waals surface area contributed by atoms with Gasteiger partial charge in [-0.15, -0.1) is 0 Å². The minimum absolute atomic E-state index is 0.0144. The zero-order chi connectivity index (χ0) is 14.5. The van der Waals surface area contributed by atoms with Gasteiger partial charge in [-0.2, -0.15) is 0 Å². The van der Waals surface area contributed by atoms with Crippen LogP contribution in [0.4, 0.5) is 9.59 Å². The predicted octanol–water partition coefficient (Wildman–Crippen LogP) is 1.28. The lowest BCUT2D eigenvalue weighted by molar-refractivity contribution is -0.00596. The van der Waals surface area contributed by atoms with Crippen LogP contribution >= 0.6 is 0 Å². The summed E-state index contributed by atoms with van der Waals surface area (Å²) in [5, 5.41) is 8.16. The molecule has 0 saturated carbocycles. The molecule has 0 fully saturated rings. The molecule has 19 heavy (non-hydrogen) atoms. The number of hydrogen-bond donors (Lipinski definition) is 1. The highest BCUT2D eigenvalue weighted by Gasteiger charge is 2.05. The molecule has 0 heterocycles. The molecule has 0 amide bonds. The lowest BCUT2D eigenvalue weighted by Crippen LogP contribution is -2.17. The largest absolute Gasteiger partial charge is 0.508 e. The van der Waals surface area contributed by atoms with Crippen molar-refractivity contribution < 1.29 is 38.4 Å². The summed E-state index contributed by atoms with van der Waals surface area (Å²) in [6, 6.07) is 0. The fourth-order valence-corrected chi connectivity index (χ4v) is 0.920. The second-order valence-electron chi connectivity index (χ2n) is 3.60. The van der Waals surface area contributed by atoms with Gasteiger partial charge in [-0.25, -0.2) is 9.59 Å². The number of carbonyl (C=O) groups excluding carboxylic acids is 1. The van der Waals surface area contributed by atoms with Crippen LogP contribution in [0.15, 0.2) is 0 Å². The van der Waals surface area contributed by atoms with Crippen molar-refractivity contribution in [1.82, 2.24) is 0 Å². The quantitative estimate of drug-likeness (QED) is 0.471. The lowest BCUT2D eigenvalue weighted by atomic mass is 10.5. The zero-order valence-electron chi connectivity index (χ0n) is 11.1. The Morgan fingerprint density at radius 2 is 1.37 bits per heavy atom. The monoisotopic (exact) mass is 280 g/mol. The van der Waals surface area contributed by atoms with Crippen molar-refractivity contribution in [1.29, 1.82) is 0 Å². The summed E-state index contributed by atoms with van der Waals surface area (Å²) in [5.74, 6) is 0. The summed E-state index contributed by atoms with van der Waals surface area (Å²) < 4.78 is 23.8. The first-order valence-electron chi connectivity index (χ1n) is 5.87. The second-order valence-corrected chi connectivity index (χ2v) is 3.60. The van der Waals surface area contributed by atoms with Gasteiger partial charge in [0, 0.05) is 0 Å². The fraction of sp³-hybridized carbons (Fsp3) is 0.818. The average molecular weight is 280 g/mol. The predicted molar refractivity (Wildman–Crippen MR) is 63.2 cm³/mol. The standard InChI is InChI=1S/C11H20O8/c1-9(2)19-11(14)18-8-6-16-4-3-15-5-7-17-10(12)13/h9H,3-8H2,1-2H3,(H,12,13). The molecule has 8 nitrogen and oxygen atoms in total. The molecule has 0 aromatic heterocycles. The molecule has 0 radical (unpaired) electrons. The Hall–Kier alpha value is -1.54. The number of rotatable bonds is 10. The zero-order valence-corrected chi connectivity index (χ0v) is 11.1. The average Bonchev–Trinajstić information content (AvgIpc) is 2.30. The molecule has 0 rings (SSSR count). The normalized spacial score (nSPS) is 10.3. The first-order chi connectivity index (χ1) is 9.02. The van der Waals surface area contributed by atoms with Gasteiger partial charge in [0.2, 0.25) is 0 Å². The van der Waals surface area contributed by atoms with E-state index >= 15 is 0 Å². The molecular formula is C11H20O8. The van der Waals surface area contributed by atoms with Gasteiger partial charge in [-0.3, -0.25) is 0 Å². The maximum atomic E-state index is 10.9. The van der Waals surface area contributed by atoms with Crippen molar-refractivity contribution >= 4 is 12.3 Å². The fourth-order valence-electron chi connectivity index (χ4n) is 0.920.